The number of rotatable bonds is 3. The van der Waals surface area contributed by atoms with Crippen LogP contribution in [0.3, 0.4) is 0 Å². The van der Waals surface area contributed by atoms with Gasteiger partial charge >= 0.3 is 0 Å². The number of nitrogens with one attached hydrogen (secondary N) is 2. The molecule has 0 bridgehead atoms. The molecule has 1 saturated heterocycles. The Bertz CT molecular complexity index is 409. The van der Waals surface area contributed by atoms with E-state index < -0.39 is 0 Å². The summed E-state index contributed by atoms with van der Waals surface area (Å²) in [5.74, 6) is 0.172. The Hall–Kier alpha value is -1.47. The number of morpholine rings is 1. The van der Waals surface area contributed by atoms with Crippen LogP contribution in [-0.4, -0.2) is 41.8 Å². The van der Waals surface area contributed by atoms with Crippen LogP contribution in [-0.2, 0) is 4.74 Å². The van der Waals surface area contributed by atoms with Crippen molar-refractivity contribution in [3.63, 3.8) is 0 Å². The molecule has 2 aliphatic rings. The van der Waals surface area contributed by atoms with E-state index in [-0.39, 0.29) is 23.9 Å². The lowest BCUT2D eigenvalue weighted by molar-refractivity contribution is 0.00755. The molecule has 2 heterocycles. The van der Waals surface area contributed by atoms with Crippen LogP contribution in [0.2, 0.25) is 0 Å². The van der Waals surface area contributed by atoms with Crippen molar-refractivity contribution in [3.05, 3.63) is 11.7 Å². The minimum absolute atomic E-state index is 0.0843. The van der Waals surface area contributed by atoms with Gasteiger partial charge in [0.1, 0.15) is 6.10 Å². The fraction of sp³-hybridized carbons (Fsp3) is 0.700. The Labute approximate surface area is 97.9 Å². The second-order valence-corrected chi connectivity index (χ2v) is 4.27. The molecule has 7 heteroatoms. The fourth-order valence-corrected chi connectivity index (χ4v) is 1.66. The van der Waals surface area contributed by atoms with Gasteiger partial charge in [-0.3, -0.25) is 4.79 Å². The Morgan fingerprint density at radius 2 is 2.35 bits per heavy atom. The van der Waals surface area contributed by atoms with Crippen molar-refractivity contribution in [1.82, 2.24) is 20.8 Å². The fourth-order valence-electron chi connectivity index (χ4n) is 1.66. The lowest BCUT2D eigenvalue weighted by Gasteiger charge is -2.19. The average molecular weight is 238 g/mol. The Balaban J connectivity index is 1.65. The molecule has 92 valence electrons. The number of hydrogen-bond donors (Lipinski definition) is 2. The predicted molar refractivity (Wildman–Crippen MR) is 56.3 cm³/mol. The highest BCUT2D eigenvalue weighted by atomic mass is 16.5. The van der Waals surface area contributed by atoms with Gasteiger partial charge in [0.15, 0.2) is 0 Å². The van der Waals surface area contributed by atoms with E-state index in [4.69, 9.17) is 9.26 Å². The van der Waals surface area contributed by atoms with E-state index >= 15 is 0 Å². The maximum atomic E-state index is 11.6. The molecule has 1 atom stereocenters. The van der Waals surface area contributed by atoms with Crippen molar-refractivity contribution in [1.29, 1.82) is 0 Å². The third-order valence-electron chi connectivity index (χ3n) is 2.76. The number of hydrogen-bond acceptors (Lipinski definition) is 6. The molecular formula is C10H14N4O3. The van der Waals surface area contributed by atoms with Gasteiger partial charge in [0.05, 0.1) is 6.61 Å². The molecule has 0 spiro atoms. The molecule has 0 radical (unpaired) electrons. The van der Waals surface area contributed by atoms with Crippen LogP contribution < -0.4 is 10.6 Å². The largest absolute Gasteiger partial charge is 0.366 e. The number of nitrogens with zero attached hydrogens (tertiary/aromatic N) is 2. The summed E-state index contributed by atoms with van der Waals surface area (Å²) in [4.78, 5) is 15.7. The molecule has 1 aromatic heterocycles. The van der Waals surface area contributed by atoms with Crippen LogP contribution in [0.4, 0.5) is 0 Å². The van der Waals surface area contributed by atoms with E-state index in [2.05, 4.69) is 20.8 Å². The highest BCUT2D eigenvalue weighted by molar-refractivity contribution is 5.90. The highest BCUT2D eigenvalue weighted by Crippen LogP contribution is 2.20. The van der Waals surface area contributed by atoms with E-state index in [9.17, 15) is 4.79 Å². The Kier molecular flexibility index (Phi) is 2.77. The summed E-state index contributed by atoms with van der Waals surface area (Å²) in [6, 6.07) is 0.289. The third kappa shape index (κ3) is 2.45. The number of carbonyl (C=O) groups is 1. The lowest BCUT2D eigenvalue weighted by Crippen LogP contribution is -2.33. The van der Waals surface area contributed by atoms with Gasteiger partial charge in [0, 0.05) is 19.1 Å². The molecule has 1 unspecified atom stereocenters. The normalized spacial score (nSPS) is 24.6. The van der Waals surface area contributed by atoms with E-state index in [0.717, 1.165) is 19.4 Å². The SMILES string of the molecule is O=C(NC1CC1)c1noc(C2CNCCO2)n1. The first-order valence-electron chi connectivity index (χ1n) is 5.80. The summed E-state index contributed by atoms with van der Waals surface area (Å²) < 4.78 is 10.5. The zero-order valence-corrected chi connectivity index (χ0v) is 9.31. The Morgan fingerprint density at radius 3 is 3.06 bits per heavy atom. The number of aromatic nitrogens is 2. The van der Waals surface area contributed by atoms with E-state index in [1.165, 1.54) is 0 Å². The van der Waals surface area contributed by atoms with Gasteiger partial charge in [-0.15, -0.1) is 0 Å². The van der Waals surface area contributed by atoms with Crippen LogP contribution in [0.15, 0.2) is 4.52 Å². The summed E-state index contributed by atoms with van der Waals surface area (Å²) in [5.41, 5.74) is 0. The van der Waals surface area contributed by atoms with Gasteiger partial charge in [-0.2, -0.15) is 4.98 Å². The molecular weight excluding hydrogens is 224 g/mol. The first-order chi connectivity index (χ1) is 8.33. The molecule has 1 aliphatic carbocycles. The van der Waals surface area contributed by atoms with Gasteiger partial charge in [0.2, 0.25) is 0 Å². The van der Waals surface area contributed by atoms with E-state index in [1.54, 1.807) is 0 Å². The lowest BCUT2D eigenvalue weighted by atomic mass is 10.3. The van der Waals surface area contributed by atoms with E-state index in [0.29, 0.717) is 19.0 Å². The molecule has 1 amide bonds. The third-order valence-corrected chi connectivity index (χ3v) is 2.76. The molecule has 2 fully saturated rings. The molecule has 1 aliphatic heterocycles. The van der Waals surface area contributed by atoms with Crippen molar-refractivity contribution in [2.75, 3.05) is 19.7 Å². The topological polar surface area (TPSA) is 89.3 Å². The first kappa shape index (κ1) is 10.7. The van der Waals surface area contributed by atoms with Gasteiger partial charge in [-0.1, -0.05) is 5.16 Å². The van der Waals surface area contributed by atoms with Crippen LogP contribution in [0.25, 0.3) is 0 Å². The standard InChI is InChI=1S/C10H14N4O3/c15-9(12-6-1-2-6)8-13-10(17-14-8)7-5-11-3-4-16-7/h6-7,11H,1-5H2,(H,12,15). The van der Waals surface area contributed by atoms with Crippen molar-refractivity contribution in [3.8, 4) is 0 Å². The first-order valence-corrected chi connectivity index (χ1v) is 5.80. The Morgan fingerprint density at radius 1 is 1.47 bits per heavy atom. The molecule has 1 saturated carbocycles. The maximum absolute atomic E-state index is 11.6. The minimum Gasteiger partial charge on any atom is -0.366 e. The van der Waals surface area contributed by atoms with Crippen molar-refractivity contribution in [2.45, 2.75) is 25.0 Å². The molecule has 3 rings (SSSR count). The summed E-state index contributed by atoms with van der Waals surface area (Å²) in [7, 11) is 0. The number of ether oxygens (including phenoxy) is 1. The maximum Gasteiger partial charge on any atom is 0.292 e. The highest BCUT2D eigenvalue weighted by Gasteiger charge is 2.28. The minimum atomic E-state index is -0.272. The molecule has 7 nitrogen and oxygen atoms in total. The monoisotopic (exact) mass is 238 g/mol. The number of carbonyl (C=O) groups excluding carboxylic acids is 1. The average Bonchev–Trinajstić information content (AvgIpc) is 3.04. The quantitative estimate of drug-likeness (QED) is 0.746. The van der Waals surface area contributed by atoms with E-state index in [1.807, 2.05) is 0 Å². The molecule has 1 aromatic rings. The van der Waals surface area contributed by atoms with Crippen molar-refractivity contribution >= 4 is 5.91 Å². The van der Waals surface area contributed by atoms with Crippen LogP contribution >= 0.6 is 0 Å². The van der Waals surface area contributed by atoms with Gasteiger partial charge < -0.3 is 19.9 Å². The second-order valence-electron chi connectivity index (χ2n) is 4.27. The second kappa shape index (κ2) is 4.42. The van der Waals surface area contributed by atoms with Crippen LogP contribution in [0.1, 0.15) is 35.5 Å². The zero-order chi connectivity index (χ0) is 11.7. The summed E-state index contributed by atoms with van der Waals surface area (Å²) in [6.45, 7) is 2.06. The zero-order valence-electron chi connectivity index (χ0n) is 9.31. The van der Waals surface area contributed by atoms with Crippen LogP contribution in [0.5, 0.6) is 0 Å². The molecule has 2 N–H and O–H groups in total. The predicted octanol–water partition coefficient (Wildman–Crippen LogP) is -0.377. The number of amides is 1. The van der Waals surface area contributed by atoms with Gasteiger partial charge in [0.25, 0.3) is 17.6 Å². The molecule has 17 heavy (non-hydrogen) atoms. The summed E-state index contributed by atoms with van der Waals surface area (Å²) >= 11 is 0. The smallest absolute Gasteiger partial charge is 0.292 e. The van der Waals surface area contributed by atoms with Gasteiger partial charge in [-0.25, -0.2) is 0 Å². The summed E-state index contributed by atoms with van der Waals surface area (Å²) in [5, 5.41) is 9.63. The molecule has 0 aromatic carbocycles. The van der Waals surface area contributed by atoms with Crippen molar-refractivity contribution < 1.29 is 14.1 Å². The van der Waals surface area contributed by atoms with Crippen molar-refractivity contribution in [2.24, 2.45) is 0 Å². The van der Waals surface area contributed by atoms with Crippen LogP contribution in [0, 0.1) is 0 Å². The summed E-state index contributed by atoms with van der Waals surface area (Å²) in [6.07, 6.45) is 1.82. The van der Waals surface area contributed by atoms with Gasteiger partial charge in [-0.05, 0) is 12.8 Å².